The number of hydrogen-bond acceptors (Lipinski definition) is 6. The molecule has 0 radical (unpaired) electrons. The molecule has 0 saturated heterocycles. The van der Waals surface area contributed by atoms with Crippen LogP contribution in [0.2, 0.25) is 0 Å². The van der Waals surface area contributed by atoms with E-state index < -0.39 is 17.4 Å². The Morgan fingerprint density at radius 3 is 2.41 bits per heavy atom. The Morgan fingerprint density at radius 1 is 1.10 bits per heavy atom. The first-order chi connectivity index (χ1) is 13.8. The van der Waals surface area contributed by atoms with Crippen LogP contribution in [0.3, 0.4) is 0 Å². The van der Waals surface area contributed by atoms with Crippen molar-refractivity contribution in [1.82, 2.24) is 5.32 Å². The third-order valence-electron chi connectivity index (χ3n) is 3.59. The van der Waals surface area contributed by atoms with Gasteiger partial charge >= 0.3 is 5.69 Å². The highest BCUT2D eigenvalue weighted by Gasteiger charge is 2.15. The average molecular weight is 416 g/mol. The highest BCUT2D eigenvalue weighted by atomic mass is 32.1. The van der Waals surface area contributed by atoms with Crippen LogP contribution in [0.4, 0.5) is 17.1 Å². The molecule has 0 bridgehead atoms. The van der Waals surface area contributed by atoms with Gasteiger partial charge in [-0.05, 0) is 36.5 Å². The standard InChI is InChI=1S/C19H20N4O5S/c1-12(2)18(25)20-13-6-5-7-14(10-13)21-19(29)22-17(24)11-28-16-9-4-3-8-15(16)23(26)27/h3-10,12H,11H2,1-2H3,(H,20,25)(H2,21,22,24,29). The van der Waals surface area contributed by atoms with E-state index in [0.717, 1.165) is 0 Å². The summed E-state index contributed by atoms with van der Waals surface area (Å²) in [4.78, 5) is 34.1. The molecule has 29 heavy (non-hydrogen) atoms. The lowest BCUT2D eigenvalue weighted by molar-refractivity contribution is -0.385. The molecule has 2 amide bonds. The third-order valence-corrected chi connectivity index (χ3v) is 3.79. The first-order valence-corrected chi connectivity index (χ1v) is 9.05. The van der Waals surface area contributed by atoms with Crippen molar-refractivity contribution in [3.8, 4) is 5.75 Å². The molecular weight excluding hydrogens is 396 g/mol. The van der Waals surface area contributed by atoms with Gasteiger partial charge in [-0.3, -0.25) is 25.0 Å². The minimum atomic E-state index is -0.593. The Balaban J connectivity index is 1.88. The van der Waals surface area contributed by atoms with Gasteiger partial charge in [-0.15, -0.1) is 0 Å². The first-order valence-electron chi connectivity index (χ1n) is 8.64. The third kappa shape index (κ3) is 6.85. The van der Waals surface area contributed by atoms with Crippen LogP contribution in [0.15, 0.2) is 48.5 Å². The molecule has 0 heterocycles. The fourth-order valence-corrected chi connectivity index (χ4v) is 2.39. The van der Waals surface area contributed by atoms with Gasteiger partial charge in [0.15, 0.2) is 17.5 Å². The van der Waals surface area contributed by atoms with Gasteiger partial charge in [0.25, 0.3) is 5.91 Å². The maximum Gasteiger partial charge on any atom is 0.310 e. The number of para-hydroxylation sites is 2. The molecular formula is C19H20N4O5S. The van der Waals surface area contributed by atoms with E-state index in [0.29, 0.717) is 11.4 Å². The number of ether oxygens (including phenoxy) is 1. The van der Waals surface area contributed by atoms with E-state index in [1.165, 1.54) is 18.2 Å². The molecule has 0 aliphatic rings. The van der Waals surface area contributed by atoms with E-state index in [1.807, 2.05) is 0 Å². The summed E-state index contributed by atoms with van der Waals surface area (Å²) in [5.41, 5.74) is 0.917. The van der Waals surface area contributed by atoms with Crippen LogP contribution in [0.1, 0.15) is 13.8 Å². The number of nitrogens with zero attached hydrogens (tertiary/aromatic N) is 1. The van der Waals surface area contributed by atoms with E-state index >= 15 is 0 Å². The van der Waals surface area contributed by atoms with Gasteiger partial charge in [-0.25, -0.2) is 0 Å². The predicted octanol–water partition coefficient (Wildman–Crippen LogP) is 3.08. The SMILES string of the molecule is CC(C)C(=O)Nc1cccc(NC(=S)NC(=O)COc2ccccc2[N+](=O)[O-])c1. The molecule has 2 aromatic carbocycles. The largest absolute Gasteiger partial charge is 0.477 e. The van der Waals surface area contributed by atoms with Crippen molar-refractivity contribution in [3.05, 3.63) is 58.6 Å². The summed E-state index contributed by atoms with van der Waals surface area (Å²) in [5.74, 6) is -0.873. The van der Waals surface area contributed by atoms with Crippen LogP contribution in [0.25, 0.3) is 0 Å². The second kappa shape index (κ2) is 10.1. The van der Waals surface area contributed by atoms with Crippen molar-refractivity contribution in [3.63, 3.8) is 0 Å². The zero-order valence-corrected chi connectivity index (χ0v) is 16.6. The highest BCUT2D eigenvalue weighted by Crippen LogP contribution is 2.25. The second-order valence-electron chi connectivity index (χ2n) is 6.24. The Morgan fingerprint density at radius 2 is 1.76 bits per heavy atom. The summed E-state index contributed by atoms with van der Waals surface area (Å²) in [7, 11) is 0. The lowest BCUT2D eigenvalue weighted by Crippen LogP contribution is -2.37. The number of anilines is 2. The van der Waals surface area contributed by atoms with Crippen LogP contribution in [0.5, 0.6) is 5.75 Å². The molecule has 10 heteroatoms. The minimum absolute atomic E-state index is 0.0138. The van der Waals surface area contributed by atoms with Crippen molar-refractivity contribution < 1.29 is 19.2 Å². The highest BCUT2D eigenvalue weighted by molar-refractivity contribution is 7.80. The van der Waals surface area contributed by atoms with E-state index in [-0.39, 0.29) is 28.4 Å². The Kier molecular flexibility index (Phi) is 7.61. The van der Waals surface area contributed by atoms with E-state index in [4.69, 9.17) is 17.0 Å². The molecule has 3 N–H and O–H groups in total. The van der Waals surface area contributed by atoms with Crippen molar-refractivity contribution in [2.45, 2.75) is 13.8 Å². The second-order valence-corrected chi connectivity index (χ2v) is 6.65. The molecule has 0 unspecified atom stereocenters. The van der Waals surface area contributed by atoms with Gasteiger partial charge in [-0.1, -0.05) is 32.0 Å². The normalized spacial score (nSPS) is 10.2. The fraction of sp³-hybridized carbons (Fsp3) is 0.211. The minimum Gasteiger partial charge on any atom is -0.477 e. The molecule has 0 fully saturated rings. The molecule has 0 atom stereocenters. The number of nitro benzene ring substituents is 1. The molecule has 0 aliphatic carbocycles. The van der Waals surface area contributed by atoms with E-state index in [1.54, 1.807) is 44.2 Å². The van der Waals surface area contributed by atoms with Gasteiger partial charge < -0.3 is 15.4 Å². The molecule has 0 spiro atoms. The van der Waals surface area contributed by atoms with E-state index in [2.05, 4.69) is 16.0 Å². The number of rotatable bonds is 7. The number of nitrogens with one attached hydrogen (secondary N) is 3. The summed E-state index contributed by atoms with van der Waals surface area (Å²) in [6, 6.07) is 12.6. The van der Waals surface area contributed by atoms with Crippen LogP contribution in [-0.4, -0.2) is 28.5 Å². The van der Waals surface area contributed by atoms with Crippen LogP contribution in [0, 0.1) is 16.0 Å². The number of hydrogen-bond donors (Lipinski definition) is 3. The van der Waals surface area contributed by atoms with Gasteiger partial charge in [0.05, 0.1) is 4.92 Å². The Labute approximate surface area is 172 Å². The summed E-state index contributed by atoms with van der Waals surface area (Å²) >= 11 is 5.09. The van der Waals surface area contributed by atoms with Gasteiger partial charge in [0.2, 0.25) is 5.91 Å². The summed E-state index contributed by atoms with van der Waals surface area (Å²) in [5, 5.41) is 19.0. The van der Waals surface area contributed by atoms with Crippen molar-refractivity contribution in [2.24, 2.45) is 5.92 Å². The molecule has 0 aromatic heterocycles. The number of thiocarbonyl (C=S) groups is 1. The smallest absolute Gasteiger partial charge is 0.310 e. The van der Waals surface area contributed by atoms with Crippen LogP contribution in [-0.2, 0) is 9.59 Å². The number of nitro groups is 1. The summed E-state index contributed by atoms with van der Waals surface area (Å²) in [6.45, 7) is 3.12. The van der Waals surface area contributed by atoms with Crippen molar-refractivity contribution in [2.75, 3.05) is 17.2 Å². The van der Waals surface area contributed by atoms with Crippen LogP contribution >= 0.6 is 12.2 Å². The van der Waals surface area contributed by atoms with Crippen LogP contribution < -0.4 is 20.7 Å². The zero-order chi connectivity index (χ0) is 21.4. The van der Waals surface area contributed by atoms with Crippen molar-refractivity contribution in [1.29, 1.82) is 0 Å². The maximum atomic E-state index is 12.0. The number of benzene rings is 2. The molecule has 2 aromatic rings. The Hall–Kier alpha value is -3.53. The zero-order valence-electron chi connectivity index (χ0n) is 15.8. The average Bonchev–Trinajstić information content (AvgIpc) is 2.66. The predicted molar refractivity (Wildman–Crippen MR) is 113 cm³/mol. The fourth-order valence-electron chi connectivity index (χ4n) is 2.16. The van der Waals surface area contributed by atoms with Gasteiger partial charge in [-0.2, -0.15) is 0 Å². The van der Waals surface area contributed by atoms with Crippen molar-refractivity contribution >= 4 is 46.2 Å². The molecule has 2 rings (SSSR count). The maximum absolute atomic E-state index is 12.0. The molecule has 0 saturated carbocycles. The lowest BCUT2D eigenvalue weighted by Gasteiger charge is -2.12. The molecule has 9 nitrogen and oxygen atoms in total. The summed E-state index contributed by atoms with van der Waals surface area (Å²) in [6.07, 6.45) is 0. The first kappa shape index (κ1) is 21.8. The number of carbonyl (C=O) groups excluding carboxylic acids is 2. The quantitative estimate of drug-likeness (QED) is 0.360. The van der Waals surface area contributed by atoms with Gasteiger partial charge in [0, 0.05) is 23.4 Å². The molecule has 152 valence electrons. The Bertz CT molecular complexity index is 932. The monoisotopic (exact) mass is 416 g/mol. The summed E-state index contributed by atoms with van der Waals surface area (Å²) < 4.78 is 5.21. The number of carbonyl (C=O) groups is 2. The van der Waals surface area contributed by atoms with Gasteiger partial charge in [0.1, 0.15) is 0 Å². The lowest BCUT2D eigenvalue weighted by atomic mass is 10.2. The van der Waals surface area contributed by atoms with E-state index in [9.17, 15) is 19.7 Å². The number of amides is 2. The topological polar surface area (TPSA) is 123 Å². The molecule has 0 aliphatic heterocycles.